The summed E-state index contributed by atoms with van der Waals surface area (Å²) < 4.78 is 13.0. The minimum atomic E-state index is -0.268. The first-order valence-electron chi connectivity index (χ1n) is 7.84. The molecule has 1 unspecified atom stereocenters. The van der Waals surface area contributed by atoms with E-state index in [9.17, 15) is 14.0 Å². The molecule has 0 saturated carbocycles. The van der Waals surface area contributed by atoms with E-state index in [1.807, 2.05) is 11.8 Å². The molecular formula is C17H20FN3O2. The van der Waals surface area contributed by atoms with Gasteiger partial charge in [-0.05, 0) is 30.0 Å². The van der Waals surface area contributed by atoms with Crippen LogP contribution in [0.25, 0.3) is 0 Å². The van der Waals surface area contributed by atoms with Crippen molar-refractivity contribution in [1.29, 1.82) is 0 Å². The second-order valence-corrected chi connectivity index (χ2v) is 6.20. The number of carbonyl (C=O) groups excluding carboxylic acids is 1. The van der Waals surface area contributed by atoms with E-state index < -0.39 is 0 Å². The summed E-state index contributed by atoms with van der Waals surface area (Å²) in [5.74, 6) is 0.0607. The first-order valence-corrected chi connectivity index (χ1v) is 7.84. The van der Waals surface area contributed by atoms with Gasteiger partial charge in [0.15, 0.2) is 0 Å². The van der Waals surface area contributed by atoms with Crippen LogP contribution in [0.4, 0.5) is 4.39 Å². The molecule has 3 rings (SSSR count). The highest BCUT2D eigenvalue weighted by atomic mass is 19.1. The third-order valence-corrected chi connectivity index (χ3v) is 4.52. The van der Waals surface area contributed by atoms with Crippen LogP contribution in [0.3, 0.4) is 0 Å². The maximum atomic E-state index is 13.0. The smallest absolute Gasteiger partial charge is 0.264 e. The molecule has 2 aromatic rings. The summed E-state index contributed by atoms with van der Waals surface area (Å²) in [7, 11) is 0. The van der Waals surface area contributed by atoms with E-state index in [1.165, 1.54) is 12.1 Å². The maximum absolute atomic E-state index is 13.0. The van der Waals surface area contributed by atoms with Gasteiger partial charge in [-0.15, -0.1) is 0 Å². The molecule has 1 fully saturated rings. The molecule has 1 aromatic heterocycles. The summed E-state index contributed by atoms with van der Waals surface area (Å²) in [5.41, 5.74) is 1.68. The fourth-order valence-electron chi connectivity index (χ4n) is 3.11. The van der Waals surface area contributed by atoms with E-state index in [2.05, 4.69) is 10.2 Å². The van der Waals surface area contributed by atoms with Crippen molar-refractivity contribution in [2.24, 2.45) is 0 Å². The molecule has 1 amide bonds. The summed E-state index contributed by atoms with van der Waals surface area (Å²) in [4.78, 5) is 25.5. The lowest BCUT2D eigenvalue weighted by Gasteiger charge is -2.19. The van der Waals surface area contributed by atoms with Crippen LogP contribution in [-0.2, 0) is 4.79 Å². The number of benzene rings is 1. The van der Waals surface area contributed by atoms with Gasteiger partial charge in [-0.2, -0.15) is 0 Å². The number of nitrogens with one attached hydrogen (secondary N) is 2. The van der Waals surface area contributed by atoms with Gasteiger partial charge in [-0.1, -0.05) is 19.1 Å². The van der Waals surface area contributed by atoms with Crippen molar-refractivity contribution in [3.05, 3.63) is 57.8 Å². The molecule has 2 heterocycles. The topological polar surface area (TPSA) is 69.0 Å². The van der Waals surface area contributed by atoms with Crippen LogP contribution in [0.2, 0.25) is 0 Å². The first kappa shape index (κ1) is 15.5. The van der Waals surface area contributed by atoms with E-state index in [0.29, 0.717) is 19.5 Å². The van der Waals surface area contributed by atoms with Gasteiger partial charge < -0.3 is 10.00 Å². The number of hydrogen-bond acceptors (Lipinski definition) is 2. The predicted molar refractivity (Wildman–Crippen MR) is 84.8 cm³/mol. The van der Waals surface area contributed by atoms with Gasteiger partial charge in [0.25, 0.3) is 5.56 Å². The monoisotopic (exact) mass is 317 g/mol. The number of H-pyrrole nitrogens is 2. The minimum Gasteiger partial charge on any atom is -0.342 e. The number of nitrogens with zero attached hydrogens (tertiary/aromatic N) is 1. The van der Waals surface area contributed by atoms with E-state index >= 15 is 0 Å². The Bertz CT molecular complexity index is 735. The van der Waals surface area contributed by atoms with Crippen molar-refractivity contribution in [3.8, 4) is 0 Å². The van der Waals surface area contributed by atoms with Gasteiger partial charge in [0.2, 0.25) is 5.91 Å². The molecule has 0 bridgehead atoms. The SMILES string of the molecule is CC(CC(=O)N1CC[C@H](c2cc(=O)[nH][nH]2)C1)c1ccc(F)cc1. The average Bonchev–Trinajstić information content (AvgIpc) is 3.16. The second kappa shape index (κ2) is 6.40. The zero-order valence-electron chi connectivity index (χ0n) is 13.0. The zero-order valence-corrected chi connectivity index (χ0v) is 13.0. The van der Waals surface area contributed by atoms with Gasteiger partial charge in [-0.25, -0.2) is 4.39 Å². The molecule has 2 atom stereocenters. The molecule has 0 spiro atoms. The Hall–Kier alpha value is -2.37. The Morgan fingerprint density at radius 3 is 2.74 bits per heavy atom. The highest BCUT2D eigenvalue weighted by molar-refractivity contribution is 5.77. The Morgan fingerprint density at radius 2 is 2.09 bits per heavy atom. The number of aromatic nitrogens is 2. The quantitative estimate of drug-likeness (QED) is 0.909. The summed E-state index contributed by atoms with van der Waals surface area (Å²) in [5, 5.41) is 5.40. The van der Waals surface area contributed by atoms with Crippen LogP contribution in [0.5, 0.6) is 0 Å². The molecular weight excluding hydrogens is 297 g/mol. The fourth-order valence-corrected chi connectivity index (χ4v) is 3.11. The highest BCUT2D eigenvalue weighted by Crippen LogP contribution is 2.27. The molecule has 0 aliphatic carbocycles. The Kier molecular flexibility index (Phi) is 4.32. The lowest BCUT2D eigenvalue weighted by Crippen LogP contribution is -2.29. The predicted octanol–water partition coefficient (Wildman–Crippen LogP) is 2.35. The van der Waals surface area contributed by atoms with Crippen LogP contribution < -0.4 is 5.56 Å². The summed E-state index contributed by atoms with van der Waals surface area (Å²) in [6, 6.07) is 7.85. The Morgan fingerprint density at radius 1 is 1.35 bits per heavy atom. The van der Waals surface area contributed by atoms with E-state index in [0.717, 1.165) is 17.7 Å². The number of hydrogen-bond donors (Lipinski definition) is 2. The van der Waals surface area contributed by atoms with Crippen LogP contribution in [0, 0.1) is 5.82 Å². The van der Waals surface area contributed by atoms with Gasteiger partial charge >= 0.3 is 0 Å². The van der Waals surface area contributed by atoms with Gasteiger partial charge in [0.1, 0.15) is 5.82 Å². The third kappa shape index (κ3) is 3.52. The van der Waals surface area contributed by atoms with Gasteiger partial charge in [-0.3, -0.25) is 14.7 Å². The van der Waals surface area contributed by atoms with Crippen LogP contribution in [-0.4, -0.2) is 34.1 Å². The molecule has 1 aliphatic rings. The van der Waals surface area contributed by atoms with Crippen molar-refractivity contribution < 1.29 is 9.18 Å². The number of rotatable bonds is 4. The molecule has 1 saturated heterocycles. The van der Waals surface area contributed by atoms with E-state index in [1.54, 1.807) is 18.2 Å². The van der Waals surface area contributed by atoms with Gasteiger partial charge in [0, 0.05) is 37.2 Å². The number of likely N-dealkylation sites (tertiary alicyclic amines) is 1. The lowest BCUT2D eigenvalue weighted by atomic mass is 9.97. The maximum Gasteiger partial charge on any atom is 0.264 e. The molecule has 0 radical (unpaired) electrons. The number of aromatic amines is 2. The Balaban J connectivity index is 1.58. The van der Waals surface area contributed by atoms with Crippen LogP contribution in [0.15, 0.2) is 35.1 Å². The molecule has 23 heavy (non-hydrogen) atoms. The number of carbonyl (C=O) groups is 1. The summed E-state index contributed by atoms with van der Waals surface area (Å²) >= 11 is 0. The fraction of sp³-hybridized carbons (Fsp3) is 0.412. The molecule has 6 heteroatoms. The molecule has 5 nitrogen and oxygen atoms in total. The van der Waals surface area contributed by atoms with Crippen molar-refractivity contribution in [1.82, 2.24) is 15.1 Å². The molecule has 1 aliphatic heterocycles. The normalized spacial score (nSPS) is 19.0. The highest BCUT2D eigenvalue weighted by Gasteiger charge is 2.29. The molecule has 2 N–H and O–H groups in total. The summed E-state index contributed by atoms with van der Waals surface area (Å²) in [6.45, 7) is 3.30. The standard InChI is InChI=1S/C17H20FN3O2/c1-11(12-2-4-14(18)5-3-12)8-17(23)21-7-6-13(10-21)15-9-16(22)20-19-15/h2-5,9,11,13H,6-8,10H2,1H3,(H2,19,20,22)/t11?,13-/m0/s1. The van der Waals surface area contributed by atoms with Gasteiger partial charge in [0.05, 0.1) is 0 Å². The summed E-state index contributed by atoms with van der Waals surface area (Å²) in [6.07, 6.45) is 1.26. The van der Waals surface area contributed by atoms with Crippen molar-refractivity contribution in [2.45, 2.75) is 31.6 Å². The zero-order chi connectivity index (χ0) is 16.4. The van der Waals surface area contributed by atoms with E-state index in [4.69, 9.17) is 0 Å². The third-order valence-electron chi connectivity index (χ3n) is 4.52. The Labute approximate surface area is 133 Å². The lowest BCUT2D eigenvalue weighted by molar-refractivity contribution is -0.130. The first-order chi connectivity index (χ1) is 11.0. The van der Waals surface area contributed by atoms with Crippen LogP contribution >= 0.6 is 0 Å². The minimum absolute atomic E-state index is 0.0502. The molecule has 122 valence electrons. The number of halogens is 1. The van der Waals surface area contributed by atoms with Crippen LogP contribution in [0.1, 0.15) is 42.9 Å². The van der Waals surface area contributed by atoms with Crippen molar-refractivity contribution >= 4 is 5.91 Å². The number of amides is 1. The average molecular weight is 317 g/mol. The van der Waals surface area contributed by atoms with E-state index in [-0.39, 0.29) is 29.1 Å². The largest absolute Gasteiger partial charge is 0.342 e. The van der Waals surface area contributed by atoms with Crippen molar-refractivity contribution in [3.63, 3.8) is 0 Å². The molecule has 1 aromatic carbocycles. The second-order valence-electron chi connectivity index (χ2n) is 6.20. The van der Waals surface area contributed by atoms with Crippen molar-refractivity contribution in [2.75, 3.05) is 13.1 Å².